The summed E-state index contributed by atoms with van der Waals surface area (Å²) in [5, 5.41) is 0. The average molecular weight is 599 g/mol. The molecule has 0 bridgehead atoms. The number of carbonyl (C=O) groups is 5. The van der Waals surface area contributed by atoms with Crippen molar-refractivity contribution in [2.24, 2.45) is 0 Å². The van der Waals surface area contributed by atoms with Gasteiger partial charge in [0.25, 0.3) is 11.8 Å². The number of imide groups is 2. The van der Waals surface area contributed by atoms with Crippen LogP contribution in [-0.2, 0) is 19.0 Å². The second-order valence-corrected chi connectivity index (χ2v) is 11.6. The molecule has 12 nitrogen and oxygen atoms in total. The standard InChI is InChI=1S/C31H38N2O10/c1-10-41-23-16-18(14-15-22(23)39-8)21(17-24(34)40-9)32-26(35)19-12-11-13-20(25(19)27(32)36)33(28(37)42-30(2,3)4)29(38)43-31(5,6)7/h11-16,21H,10,17H2,1-9H3. The number of hydrogen-bond donors (Lipinski definition) is 0. The van der Waals surface area contributed by atoms with E-state index >= 15 is 0 Å². The number of anilines is 1. The van der Waals surface area contributed by atoms with E-state index in [1.54, 1.807) is 66.7 Å². The molecule has 1 unspecified atom stereocenters. The van der Waals surface area contributed by atoms with Gasteiger partial charge in [0.15, 0.2) is 11.5 Å². The molecule has 0 aromatic heterocycles. The fourth-order valence-electron chi connectivity index (χ4n) is 4.41. The Kier molecular flexibility index (Phi) is 9.73. The molecule has 1 atom stereocenters. The van der Waals surface area contributed by atoms with Crippen LogP contribution in [0.1, 0.15) is 87.2 Å². The number of rotatable bonds is 8. The third kappa shape index (κ3) is 7.43. The van der Waals surface area contributed by atoms with Crippen LogP contribution >= 0.6 is 0 Å². The van der Waals surface area contributed by atoms with E-state index in [0.717, 1.165) is 4.90 Å². The monoisotopic (exact) mass is 598 g/mol. The molecule has 0 radical (unpaired) electrons. The number of benzene rings is 2. The lowest BCUT2D eigenvalue weighted by atomic mass is 10.0. The minimum absolute atomic E-state index is 0.0759. The van der Waals surface area contributed by atoms with Crippen molar-refractivity contribution in [1.82, 2.24) is 4.90 Å². The van der Waals surface area contributed by atoms with Crippen molar-refractivity contribution in [2.75, 3.05) is 25.7 Å². The number of esters is 1. The van der Waals surface area contributed by atoms with Gasteiger partial charge in [0.05, 0.1) is 50.1 Å². The van der Waals surface area contributed by atoms with E-state index in [9.17, 15) is 24.0 Å². The molecule has 2 aromatic carbocycles. The van der Waals surface area contributed by atoms with Gasteiger partial charge in [0.1, 0.15) is 11.2 Å². The van der Waals surface area contributed by atoms with Crippen LogP contribution in [0.3, 0.4) is 0 Å². The van der Waals surface area contributed by atoms with Gasteiger partial charge < -0.3 is 23.7 Å². The summed E-state index contributed by atoms with van der Waals surface area (Å²) in [7, 11) is 2.66. The van der Waals surface area contributed by atoms with Gasteiger partial charge in [-0.1, -0.05) is 12.1 Å². The molecule has 0 N–H and O–H groups in total. The first-order valence-electron chi connectivity index (χ1n) is 13.7. The fourth-order valence-corrected chi connectivity index (χ4v) is 4.41. The number of carbonyl (C=O) groups excluding carboxylic acids is 5. The number of fused-ring (bicyclic) bond motifs is 1. The number of ether oxygens (including phenoxy) is 5. The van der Waals surface area contributed by atoms with Crippen LogP contribution in [-0.4, -0.2) is 66.9 Å². The Labute approximate surface area is 250 Å². The van der Waals surface area contributed by atoms with Crippen molar-refractivity contribution < 1.29 is 47.7 Å². The minimum Gasteiger partial charge on any atom is -0.493 e. The predicted octanol–water partition coefficient (Wildman–Crippen LogP) is 5.67. The van der Waals surface area contributed by atoms with Gasteiger partial charge in [-0.2, -0.15) is 4.90 Å². The third-order valence-electron chi connectivity index (χ3n) is 6.09. The van der Waals surface area contributed by atoms with Crippen LogP contribution in [0.5, 0.6) is 11.5 Å². The van der Waals surface area contributed by atoms with E-state index in [1.807, 2.05) is 0 Å². The minimum atomic E-state index is -1.13. The summed E-state index contributed by atoms with van der Waals surface area (Å²) in [6.07, 6.45) is -2.58. The zero-order valence-electron chi connectivity index (χ0n) is 25.9. The van der Waals surface area contributed by atoms with Crippen LogP contribution in [0.2, 0.25) is 0 Å². The molecule has 0 spiro atoms. The molecular formula is C31H38N2O10. The summed E-state index contributed by atoms with van der Waals surface area (Å²) in [6.45, 7) is 11.8. The van der Waals surface area contributed by atoms with Gasteiger partial charge in [-0.25, -0.2) is 9.59 Å². The van der Waals surface area contributed by atoms with Gasteiger partial charge in [-0.15, -0.1) is 0 Å². The lowest BCUT2D eigenvalue weighted by Gasteiger charge is -2.29. The lowest BCUT2D eigenvalue weighted by Crippen LogP contribution is -2.44. The maximum absolute atomic E-state index is 14.1. The lowest BCUT2D eigenvalue weighted by molar-refractivity contribution is -0.141. The maximum atomic E-state index is 14.1. The zero-order chi connectivity index (χ0) is 32.3. The second-order valence-electron chi connectivity index (χ2n) is 11.6. The van der Waals surface area contributed by atoms with E-state index in [4.69, 9.17) is 23.7 Å². The van der Waals surface area contributed by atoms with Crippen LogP contribution < -0.4 is 14.4 Å². The van der Waals surface area contributed by atoms with Gasteiger partial charge in [0.2, 0.25) is 0 Å². The number of methoxy groups -OCH3 is 2. The fraction of sp³-hybridized carbons (Fsp3) is 0.452. The van der Waals surface area contributed by atoms with E-state index in [2.05, 4.69) is 0 Å². The van der Waals surface area contributed by atoms with E-state index in [-0.39, 0.29) is 23.2 Å². The Morgan fingerprint density at radius 3 is 1.98 bits per heavy atom. The highest BCUT2D eigenvalue weighted by Gasteiger charge is 2.46. The Balaban J connectivity index is 2.19. The molecule has 0 fully saturated rings. The molecule has 0 saturated carbocycles. The summed E-state index contributed by atoms with van der Waals surface area (Å²) >= 11 is 0. The molecule has 2 aromatic rings. The normalized spacial score (nSPS) is 13.7. The van der Waals surface area contributed by atoms with Crippen LogP contribution in [0, 0.1) is 0 Å². The smallest absolute Gasteiger partial charge is 0.424 e. The SMILES string of the molecule is CCOc1cc(C(CC(=O)OC)N2C(=O)c3cccc(N(C(=O)OC(C)(C)C)C(=O)OC(C)(C)C)c3C2=O)ccc1OC. The summed E-state index contributed by atoms with van der Waals surface area (Å²) in [5.41, 5.74) is -2.12. The van der Waals surface area contributed by atoms with Crippen molar-refractivity contribution >= 4 is 35.7 Å². The third-order valence-corrected chi connectivity index (χ3v) is 6.09. The van der Waals surface area contributed by atoms with Crippen molar-refractivity contribution in [1.29, 1.82) is 0 Å². The molecule has 12 heteroatoms. The molecule has 0 aliphatic carbocycles. The predicted molar refractivity (Wildman–Crippen MR) is 155 cm³/mol. The molecule has 1 aliphatic rings. The molecule has 3 rings (SSSR count). The highest BCUT2D eigenvalue weighted by Crippen LogP contribution is 2.40. The summed E-state index contributed by atoms with van der Waals surface area (Å²) in [5.74, 6) is -1.50. The Bertz CT molecular complexity index is 1390. The van der Waals surface area contributed by atoms with Gasteiger partial charge >= 0.3 is 18.2 Å². The number of nitrogens with zero attached hydrogens (tertiary/aromatic N) is 2. The van der Waals surface area contributed by atoms with E-state index < -0.39 is 47.2 Å². The molecule has 43 heavy (non-hydrogen) atoms. The topological polar surface area (TPSA) is 138 Å². The Hall–Kier alpha value is -4.61. The summed E-state index contributed by atoms with van der Waals surface area (Å²) < 4.78 is 26.8. The highest BCUT2D eigenvalue weighted by atomic mass is 16.6. The summed E-state index contributed by atoms with van der Waals surface area (Å²) in [4.78, 5) is 68.7. The van der Waals surface area contributed by atoms with Crippen LogP contribution in [0.25, 0.3) is 0 Å². The Morgan fingerprint density at radius 1 is 0.860 bits per heavy atom. The molecule has 232 valence electrons. The quantitative estimate of drug-likeness (QED) is 0.212. The average Bonchev–Trinajstić information content (AvgIpc) is 3.15. The van der Waals surface area contributed by atoms with E-state index in [0.29, 0.717) is 28.6 Å². The molecule has 1 aliphatic heterocycles. The molecule has 1 heterocycles. The van der Waals surface area contributed by atoms with Gasteiger partial charge in [-0.05, 0) is 78.3 Å². The van der Waals surface area contributed by atoms with Gasteiger partial charge in [0, 0.05) is 0 Å². The molecule has 0 saturated heterocycles. The summed E-state index contributed by atoms with van der Waals surface area (Å²) in [6, 6.07) is 7.82. The number of hydrogen-bond acceptors (Lipinski definition) is 10. The molecular weight excluding hydrogens is 560 g/mol. The first-order chi connectivity index (χ1) is 20.0. The maximum Gasteiger partial charge on any atom is 0.424 e. The van der Waals surface area contributed by atoms with Crippen molar-refractivity contribution in [3.63, 3.8) is 0 Å². The number of amides is 4. The van der Waals surface area contributed by atoms with E-state index in [1.165, 1.54) is 32.4 Å². The van der Waals surface area contributed by atoms with Gasteiger partial charge in [-0.3, -0.25) is 19.3 Å². The second kappa shape index (κ2) is 12.7. The zero-order valence-corrected chi connectivity index (χ0v) is 25.9. The highest BCUT2D eigenvalue weighted by molar-refractivity contribution is 6.26. The van der Waals surface area contributed by atoms with Crippen molar-refractivity contribution in [3.8, 4) is 11.5 Å². The first kappa shape index (κ1) is 32.9. The van der Waals surface area contributed by atoms with Crippen molar-refractivity contribution in [3.05, 3.63) is 53.1 Å². The first-order valence-corrected chi connectivity index (χ1v) is 13.7. The molecule has 4 amide bonds. The van der Waals surface area contributed by atoms with Crippen LogP contribution in [0.4, 0.5) is 15.3 Å². The van der Waals surface area contributed by atoms with Crippen molar-refractivity contribution in [2.45, 2.75) is 72.1 Å². The van der Waals surface area contributed by atoms with Crippen LogP contribution in [0.15, 0.2) is 36.4 Å². The largest absolute Gasteiger partial charge is 0.493 e. The Morgan fingerprint density at radius 2 is 1.47 bits per heavy atom.